The summed E-state index contributed by atoms with van der Waals surface area (Å²) >= 11 is 1.07. The Kier molecular flexibility index (Phi) is 6.96. The summed E-state index contributed by atoms with van der Waals surface area (Å²) in [7, 11) is -3.57. The van der Waals surface area contributed by atoms with Gasteiger partial charge in [-0.3, -0.25) is 4.79 Å². The van der Waals surface area contributed by atoms with E-state index in [1.165, 1.54) is 27.2 Å². The smallest absolute Gasteiger partial charge is 0.243 e. The van der Waals surface area contributed by atoms with E-state index in [-0.39, 0.29) is 28.8 Å². The molecule has 0 bridgehead atoms. The molecule has 3 aromatic rings. The molecule has 0 unspecified atom stereocenters. The number of aromatic nitrogens is 3. The van der Waals surface area contributed by atoms with Gasteiger partial charge in [0.15, 0.2) is 5.82 Å². The summed E-state index contributed by atoms with van der Waals surface area (Å²) < 4.78 is 42.0. The van der Waals surface area contributed by atoms with E-state index in [1.807, 2.05) is 0 Å². The third kappa shape index (κ3) is 5.34. The number of benzene rings is 2. The highest BCUT2D eigenvalue weighted by atomic mass is 32.2. The number of hydrogen-bond acceptors (Lipinski definition) is 7. The topological polar surface area (TPSA) is 123 Å². The lowest BCUT2D eigenvalue weighted by Crippen LogP contribution is -2.28. The maximum Gasteiger partial charge on any atom is 0.243 e. The van der Waals surface area contributed by atoms with Gasteiger partial charge in [-0.2, -0.15) is 4.31 Å². The molecule has 1 aliphatic rings. The summed E-state index contributed by atoms with van der Waals surface area (Å²) in [6.45, 7) is 1.02. The average Bonchev–Trinajstić information content (AvgIpc) is 3.46. The van der Waals surface area contributed by atoms with Gasteiger partial charge in [0.05, 0.1) is 10.6 Å². The van der Waals surface area contributed by atoms with Crippen LogP contribution in [-0.4, -0.2) is 52.3 Å². The number of halogens is 1. The number of sulfonamides is 1. The average molecular weight is 491 g/mol. The number of nitrogens with one attached hydrogen (secondary N) is 1. The molecule has 1 fully saturated rings. The zero-order valence-electron chi connectivity index (χ0n) is 17.6. The highest BCUT2D eigenvalue weighted by Crippen LogP contribution is 2.24. The Morgan fingerprint density at radius 3 is 2.64 bits per heavy atom. The van der Waals surface area contributed by atoms with Crippen LogP contribution in [0, 0.1) is 5.82 Å². The normalized spacial score (nSPS) is 14.5. The lowest BCUT2D eigenvalue weighted by Gasteiger charge is -2.16. The molecule has 0 radical (unpaired) electrons. The summed E-state index contributed by atoms with van der Waals surface area (Å²) in [5.41, 5.74) is 0.824. The number of hydrogen-bond donors (Lipinski definition) is 2. The van der Waals surface area contributed by atoms with Crippen LogP contribution in [-0.2, 0) is 21.2 Å². The number of rotatable bonds is 8. The molecule has 2 aromatic carbocycles. The van der Waals surface area contributed by atoms with Crippen molar-refractivity contribution < 1.29 is 17.6 Å². The molecular formula is C21H23FN6O3S2. The van der Waals surface area contributed by atoms with E-state index >= 15 is 0 Å². The zero-order chi connectivity index (χ0) is 23.4. The second-order valence-corrected chi connectivity index (χ2v) is 10.4. The highest BCUT2D eigenvalue weighted by molar-refractivity contribution is 7.99. The molecule has 9 nitrogen and oxygen atoms in total. The van der Waals surface area contributed by atoms with E-state index in [4.69, 9.17) is 5.84 Å². The van der Waals surface area contributed by atoms with Crippen molar-refractivity contribution in [2.24, 2.45) is 0 Å². The molecule has 0 saturated carbocycles. The number of nitrogen functional groups attached to an aromatic ring is 1. The number of nitrogens with two attached hydrogens (primary N) is 1. The van der Waals surface area contributed by atoms with Gasteiger partial charge in [0.25, 0.3) is 0 Å². The Morgan fingerprint density at radius 1 is 1.12 bits per heavy atom. The molecule has 1 aliphatic heterocycles. The lowest BCUT2D eigenvalue weighted by molar-refractivity contribution is -0.113. The first kappa shape index (κ1) is 23.2. The van der Waals surface area contributed by atoms with Gasteiger partial charge in [-0.05, 0) is 42.7 Å². The molecule has 2 heterocycles. The lowest BCUT2D eigenvalue weighted by atomic mass is 10.1. The molecule has 174 valence electrons. The number of amides is 1. The molecule has 0 atom stereocenters. The number of carbonyl (C=O) groups is 1. The van der Waals surface area contributed by atoms with Gasteiger partial charge in [0.2, 0.25) is 21.1 Å². The highest BCUT2D eigenvalue weighted by Gasteiger charge is 2.27. The fraction of sp³-hybridized carbons (Fsp3) is 0.286. The molecule has 4 rings (SSSR count). The Morgan fingerprint density at radius 2 is 1.88 bits per heavy atom. The Labute approximate surface area is 195 Å². The molecule has 0 aliphatic carbocycles. The molecule has 33 heavy (non-hydrogen) atoms. The molecule has 12 heteroatoms. The van der Waals surface area contributed by atoms with Crippen LogP contribution in [0.1, 0.15) is 24.2 Å². The quantitative estimate of drug-likeness (QED) is 0.367. The molecule has 1 saturated heterocycles. The summed E-state index contributed by atoms with van der Waals surface area (Å²) in [6, 6.07) is 12.5. The van der Waals surface area contributed by atoms with Crippen LogP contribution >= 0.6 is 11.8 Å². The first-order valence-electron chi connectivity index (χ1n) is 10.3. The Balaban J connectivity index is 1.36. The van der Waals surface area contributed by atoms with E-state index < -0.39 is 10.0 Å². The summed E-state index contributed by atoms with van der Waals surface area (Å²) in [5, 5.41) is 11.0. The number of thioether (sulfide) groups is 1. The van der Waals surface area contributed by atoms with Crippen LogP contribution in [0.5, 0.6) is 0 Å². The molecule has 1 amide bonds. The van der Waals surface area contributed by atoms with E-state index in [2.05, 4.69) is 15.5 Å². The van der Waals surface area contributed by atoms with Crippen molar-refractivity contribution in [3.05, 3.63) is 65.7 Å². The largest absolute Gasteiger partial charge is 0.336 e. The van der Waals surface area contributed by atoms with Gasteiger partial charge in [0.1, 0.15) is 5.82 Å². The second-order valence-electron chi connectivity index (χ2n) is 7.51. The van der Waals surface area contributed by atoms with E-state index in [9.17, 15) is 17.6 Å². The minimum absolute atomic E-state index is 0.0157. The number of nitrogens with zero attached hydrogens (tertiary/aromatic N) is 4. The van der Waals surface area contributed by atoms with Crippen molar-refractivity contribution in [1.82, 2.24) is 19.2 Å². The molecule has 0 spiro atoms. The van der Waals surface area contributed by atoms with Gasteiger partial charge in [-0.15, -0.1) is 10.2 Å². The SMILES string of the molecule is Nn1c(Cc2ccccc2F)nnc1SCC(=O)Nc1cccc(S(=O)(=O)N2CCCC2)c1. The summed E-state index contributed by atoms with van der Waals surface area (Å²) in [4.78, 5) is 12.6. The van der Waals surface area contributed by atoms with Gasteiger partial charge < -0.3 is 11.2 Å². The van der Waals surface area contributed by atoms with E-state index in [0.29, 0.717) is 35.3 Å². The second kappa shape index (κ2) is 9.89. The molecule has 1 aromatic heterocycles. The third-order valence-corrected chi connectivity index (χ3v) is 8.03. The first-order chi connectivity index (χ1) is 15.8. The van der Waals surface area contributed by atoms with Crippen LogP contribution in [0.4, 0.5) is 10.1 Å². The van der Waals surface area contributed by atoms with Gasteiger partial charge >= 0.3 is 0 Å². The van der Waals surface area contributed by atoms with Crippen molar-refractivity contribution in [2.75, 3.05) is 30.0 Å². The van der Waals surface area contributed by atoms with Gasteiger partial charge in [-0.25, -0.2) is 17.5 Å². The Hall–Kier alpha value is -2.96. The predicted octanol–water partition coefficient (Wildman–Crippen LogP) is 2.24. The van der Waals surface area contributed by atoms with Gasteiger partial charge in [0, 0.05) is 25.2 Å². The predicted molar refractivity (Wildman–Crippen MR) is 123 cm³/mol. The maximum atomic E-state index is 13.9. The van der Waals surface area contributed by atoms with Gasteiger partial charge in [-0.1, -0.05) is 36.0 Å². The maximum absolute atomic E-state index is 13.9. The van der Waals surface area contributed by atoms with Crippen LogP contribution < -0.4 is 11.2 Å². The minimum Gasteiger partial charge on any atom is -0.336 e. The zero-order valence-corrected chi connectivity index (χ0v) is 19.3. The fourth-order valence-electron chi connectivity index (χ4n) is 3.48. The minimum atomic E-state index is -3.57. The van der Waals surface area contributed by atoms with E-state index in [1.54, 1.807) is 30.3 Å². The molecule has 3 N–H and O–H groups in total. The first-order valence-corrected chi connectivity index (χ1v) is 12.7. The Bertz CT molecular complexity index is 1260. The van der Waals surface area contributed by atoms with Crippen LogP contribution in [0.2, 0.25) is 0 Å². The van der Waals surface area contributed by atoms with Crippen molar-refractivity contribution in [3.8, 4) is 0 Å². The van der Waals surface area contributed by atoms with Crippen molar-refractivity contribution in [3.63, 3.8) is 0 Å². The van der Waals surface area contributed by atoms with Crippen LogP contribution in [0.3, 0.4) is 0 Å². The summed E-state index contributed by atoms with van der Waals surface area (Å²) in [6.07, 6.45) is 1.86. The van der Waals surface area contributed by atoms with Crippen LogP contribution in [0.15, 0.2) is 58.6 Å². The van der Waals surface area contributed by atoms with Crippen molar-refractivity contribution >= 4 is 33.4 Å². The summed E-state index contributed by atoms with van der Waals surface area (Å²) in [5.74, 6) is 5.65. The van der Waals surface area contributed by atoms with E-state index in [0.717, 1.165) is 24.6 Å². The van der Waals surface area contributed by atoms with Crippen molar-refractivity contribution in [2.45, 2.75) is 29.3 Å². The standard InChI is InChI=1S/C21H23FN6O3S2/c22-18-9-2-1-6-15(18)12-19-25-26-21(28(19)23)32-14-20(29)24-16-7-5-8-17(13-16)33(30,31)27-10-3-4-11-27/h1-2,5-9,13H,3-4,10-12,14,23H2,(H,24,29). The fourth-order valence-corrected chi connectivity index (χ4v) is 5.72. The number of carbonyl (C=O) groups excluding carboxylic acids is 1. The molecular weight excluding hydrogens is 467 g/mol. The number of anilines is 1. The van der Waals surface area contributed by atoms with Crippen molar-refractivity contribution in [1.29, 1.82) is 0 Å². The van der Waals surface area contributed by atoms with Crippen LogP contribution in [0.25, 0.3) is 0 Å². The third-order valence-electron chi connectivity index (χ3n) is 5.19. The monoisotopic (exact) mass is 490 g/mol.